The van der Waals surface area contributed by atoms with Crippen LogP contribution in [0.3, 0.4) is 0 Å². The van der Waals surface area contributed by atoms with Gasteiger partial charge in [0.05, 0.1) is 18.8 Å². The van der Waals surface area contributed by atoms with Crippen molar-refractivity contribution in [1.82, 2.24) is 14.7 Å². The lowest BCUT2D eigenvalue weighted by Crippen LogP contribution is -2.26. The van der Waals surface area contributed by atoms with E-state index in [4.69, 9.17) is 27.8 Å². The number of carbonyl (C=O) groups is 5. The molecule has 0 spiro atoms. The van der Waals surface area contributed by atoms with Crippen LogP contribution in [0.15, 0.2) is 263 Å². The summed E-state index contributed by atoms with van der Waals surface area (Å²) in [6.45, 7) is 3.55. The van der Waals surface area contributed by atoms with E-state index < -0.39 is 5.97 Å². The Bertz CT molecular complexity index is 4000. The maximum Gasteiger partial charge on any atom is 0.303 e. The number of phenols is 1. The highest BCUT2D eigenvalue weighted by Gasteiger charge is 2.19. The zero-order valence-electron chi connectivity index (χ0n) is 52.4. The fourth-order valence-corrected chi connectivity index (χ4v) is 10.1. The first-order valence-electron chi connectivity index (χ1n) is 30.4. The van der Waals surface area contributed by atoms with Crippen molar-refractivity contribution in [2.45, 2.75) is 65.5 Å². The molecule has 0 aliphatic carbocycles. The molecule has 11 rings (SSSR count). The second-order valence-corrected chi connectivity index (χ2v) is 22.3. The number of benzene rings is 8. The van der Waals surface area contributed by atoms with Crippen molar-refractivity contribution in [1.29, 1.82) is 0 Å². The monoisotopic (exact) mass is 1240 g/mol. The molecule has 3 heterocycles. The molecule has 0 aliphatic rings. The van der Waals surface area contributed by atoms with Crippen molar-refractivity contribution in [2.75, 3.05) is 21.1 Å². The first kappa shape index (κ1) is 66.0. The fraction of sp³-hybridized carbons (Fsp3) is 0.167. The molecular formula is C78H73N3O12. The number of hydrogen-bond acceptors (Lipinski definition) is 11. The molecule has 15 nitrogen and oxygen atoms in total. The maximum absolute atomic E-state index is 13.0. The van der Waals surface area contributed by atoms with Crippen molar-refractivity contribution in [3.8, 4) is 51.2 Å². The Labute approximate surface area is 541 Å². The number of Topliss-reactive ketones (excluding diaryl/α,β-unsaturated/α-hetero) is 1. The third-order valence-electron chi connectivity index (χ3n) is 15.2. The lowest BCUT2D eigenvalue weighted by molar-refractivity contribution is -0.137. The van der Waals surface area contributed by atoms with E-state index in [1.807, 2.05) is 182 Å². The fourth-order valence-electron chi connectivity index (χ4n) is 10.1. The van der Waals surface area contributed by atoms with Crippen LogP contribution in [-0.2, 0) is 55.3 Å². The molecule has 0 atom stereocenters. The van der Waals surface area contributed by atoms with Crippen LogP contribution in [0, 0.1) is 0 Å². The Kier molecular flexibility index (Phi) is 23.3. The summed E-state index contributed by atoms with van der Waals surface area (Å²) in [5.74, 6) is 3.07. The van der Waals surface area contributed by atoms with E-state index in [1.54, 1.807) is 104 Å². The quantitative estimate of drug-likeness (QED) is 0.0582. The van der Waals surface area contributed by atoms with Gasteiger partial charge < -0.3 is 52.4 Å². The molecule has 0 aliphatic heterocycles. The minimum Gasteiger partial charge on any atom is -0.508 e. The van der Waals surface area contributed by atoms with E-state index >= 15 is 0 Å². The number of nitrogens with zero attached hydrogens (tertiary/aromatic N) is 3. The van der Waals surface area contributed by atoms with Crippen LogP contribution in [0.25, 0.3) is 34.0 Å². The van der Waals surface area contributed by atoms with E-state index in [0.29, 0.717) is 68.1 Å². The molecule has 3 aromatic heterocycles. The molecule has 15 heteroatoms. The maximum atomic E-state index is 13.0. The smallest absolute Gasteiger partial charge is 0.303 e. The minimum absolute atomic E-state index is 0.0658. The van der Waals surface area contributed by atoms with E-state index in [9.17, 15) is 29.1 Å². The van der Waals surface area contributed by atoms with Gasteiger partial charge in [-0.05, 0) is 133 Å². The van der Waals surface area contributed by atoms with Gasteiger partial charge in [-0.25, -0.2) is 0 Å². The number of furan rings is 3. The topological polar surface area (TPSA) is 193 Å². The first-order valence-corrected chi connectivity index (χ1v) is 30.4. The number of ether oxygens (including phenoxy) is 2. The van der Waals surface area contributed by atoms with Crippen LogP contribution in [0.2, 0.25) is 0 Å². The molecule has 3 amide bonds. The van der Waals surface area contributed by atoms with Crippen LogP contribution in [-0.4, -0.2) is 75.5 Å². The van der Waals surface area contributed by atoms with Gasteiger partial charge in [-0.2, -0.15) is 0 Å². The first-order chi connectivity index (χ1) is 45.1. The van der Waals surface area contributed by atoms with Crippen LogP contribution in [0.1, 0.15) is 89.8 Å². The molecule has 11 aromatic rings. The van der Waals surface area contributed by atoms with Crippen molar-refractivity contribution < 1.29 is 56.9 Å². The van der Waals surface area contributed by atoms with E-state index in [2.05, 4.69) is 6.07 Å². The molecule has 0 saturated carbocycles. The Morgan fingerprint density at radius 1 is 0.387 bits per heavy atom. The largest absolute Gasteiger partial charge is 0.508 e. The normalized spacial score (nSPS) is 10.6. The summed E-state index contributed by atoms with van der Waals surface area (Å²) in [5.41, 5.74) is 11.2. The predicted octanol–water partition coefficient (Wildman–Crippen LogP) is 16.1. The number of carboxylic acids is 1. The van der Waals surface area contributed by atoms with Gasteiger partial charge in [0.25, 0.3) is 17.7 Å². The number of aliphatic carboxylic acids is 1. The molecule has 0 bridgehead atoms. The summed E-state index contributed by atoms with van der Waals surface area (Å²) in [5, 5.41) is 18.7. The number of carbonyl (C=O) groups excluding carboxylic acids is 4. The minimum atomic E-state index is -0.812. The zero-order chi connectivity index (χ0) is 65.5. The van der Waals surface area contributed by atoms with Crippen LogP contribution < -0.4 is 9.47 Å². The number of para-hydroxylation sites is 3. The van der Waals surface area contributed by atoms with Gasteiger partial charge in [-0.3, -0.25) is 19.2 Å². The number of phenolic OH excluding ortho intramolecular Hbond substituents is 1. The van der Waals surface area contributed by atoms with Gasteiger partial charge in [0.2, 0.25) is 0 Å². The highest BCUT2D eigenvalue weighted by Crippen LogP contribution is 2.28. The number of aryl methyl sites for hydroxylation is 2. The van der Waals surface area contributed by atoms with Crippen molar-refractivity contribution in [2.24, 2.45) is 0 Å². The molecule has 0 unspecified atom stereocenters. The Morgan fingerprint density at radius 3 is 1.09 bits per heavy atom. The summed E-state index contributed by atoms with van der Waals surface area (Å²) >= 11 is 0. The number of carboxylic acid groups (broad SMARTS) is 1. The van der Waals surface area contributed by atoms with Crippen LogP contribution >= 0.6 is 0 Å². The van der Waals surface area contributed by atoms with E-state index in [1.165, 1.54) is 0 Å². The number of ketones is 1. The van der Waals surface area contributed by atoms with E-state index in [-0.39, 0.29) is 35.7 Å². The molecule has 8 aromatic carbocycles. The second kappa shape index (κ2) is 32.9. The summed E-state index contributed by atoms with van der Waals surface area (Å²) in [7, 11) is 5.28. The molecular weight excluding hydrogens is 1170 g/mol. The lowest BCUT2D eigenvalue weighted by Gasteiger charge is -2.20. The predicted molar refractivity (Wildman–Crippen MR) is 357 cm³/mol. The number of amides is 3. The Morgan fingerprint density at radius 2 is 0.731 bits per heavy atom. The number of hydrogen-bond donors (Lipinski definition) is 2. The average molecular weight is 1240 g/mol. The SMILES string of the molecule is CC(=O)CCc1cccc(COc2ccccc2CN(C)C(=O)c2ccc(-c3ccco3)cc2)c1.CN(Cc1ccccc1O)C(=O)c1ccc(-c2ccco2)cc1.CN(Cc1ccccc1OCc1cccc(CCC(=O)O)c1)C(=O)c1ccc(-c2ccco2)cc1. The Balaban J connectivity index is 0.000000168. The van der Waals surface area contributed by atoms with Gasteiger partial charge in [-0.1, -0.05) is 140 Å². The molecule has 2 N–H and O–H groups in total. The highest BCUT2D eigenvalue weighted by molar-refractivity contribution is 5.96. The van der Waals surface area contributed by atoms with Crippen molar-refractivity contribution >= 4 is 29.5 Å². The summed E-state index contributed by atoms with van der Waals surface area (Å²) in [6, 6.07) is 71.5. The summed E-state index contributed by atoms with van der Waals surface area (Å²) < 4.78 is 28.4. The molecule has 93 heavy (non-hydrogen) atoms. The van der Waals surface area contributed by atoms with Gasteiger partial charge >= 0.3 is 5.97 Å². The molecule has 0 saturated heterocycles. The van der Waals surface area contributed by atoms with Gasteiger partial charge in [-0.15, -0.1) is 0 Å². The summed E-state index contributed by atoms with van der Waals surface area (Å²) in [4.78, 5) is 65.6. The van der Waals surface area contributed by atoms with Gasteiger partial charge in [0.15, 0.2) is 0 Å². The summed E-state index contributed by atoms with van der Waals surface area (Å²) in [6.07, 6.45) is 6.72. The van der Waals surface area contributed by atoms with Crippen LogP contribution in [0.4, 0.5) is 0 Å². The van der Waals surface area contributed by atoms with E-state index in [0.717, 1.165) is 85.1 Å². The number of rotatable bonds is 24. The average Bonchev–Trinajstić information content (AvgIpc) is 2.95. The van der Waals surface area contributed by atoms with Gasteiger partial charge in [0, 0.05) is 104 Å². The lowest BCUT2D eigenvalue weighted by atomic mass is 10.1. The highest BCUT2D eigenvalue weighted by atomic mass is 16.5. The van der Waals surface area contributed by atoms with Crippen molar-refractivity contribution in [3.05, 3.63) is 305 Å². The molecule has 0 radical (unpaired) electrons. The molecule has 0 fully saturated rings. The molecule has 472 valence electrons. The third kappa shape index (κ3) is 19.3. The second-order valence-electron chi connectivity index (χ2n) is 22.3. The van der Waals surface area contributed by atoms with Crippen LogP contribution in [0.5, 0.6) is 17.2 Å². The van der Waals surface area contributed by atoms with Crippen molar-refractivity contribution in [3.63, 3.8) is 0 Å². The Hall–Kier alpha value is -11.5. The number of aromatic hydroxyl groups is 1. The van der Waals surface area contributed by atoms with Gasteiger partial charge in [0.1, 0.15) is 53.5 Å². The standard InChI is InChI=1S/C30H29NO4.C29H27NO5.C19H17NO3/c1-22(32)12-13-23-7-5-8-24(19-23)21-35-29-10-4-3-9-27(29)20-31(2)30(33)26-16-14-25(15-17-26)28-11-6-18-34-28;1-30(29(33)24-14-12-23(13-15-24)26-10-5-17-34-26)19-25-8-2-3-9-27(25)35-20-22-7-4-6-21(18-22)11-16-28(31)32;1-20(13-16-5-2-3-6-17(16)21)19(22)15-10-8-14(9-11-15)18-7-4-12-23-18/h3-11,14-19H,12-13,20-21H2,1-2H3;2-10,12-15,17-18H,11,16,19-20H2,1H3,(H,31,32);2-12,21H,13H2,1H3. The zero-order valence-corrected chi connectivity index (χ0v) is 52.4. The third-order valence-corrected chi connectivity index (χ3v) is 15.2.